The molecule has 5 nitrogen and oxygen atoms in total. The summed E-state index contributed by atoms with van der Waals surface area (Å²) in [5.74, 6) is 0.368. The number of aryl methyl sites for hydroxylation is 2. The SMILES string of the molecule is O=C(CSc1nc2ccccc2[nH]1)N(Cc1ccccc1)c1nc2c(s1)CCCC2. The van der Waals surface area contributed by atoms with E-state index in [9.17, 15) is 4.79 Å². The van der Waals surface area contributed by atoms with Gasteiger partial charge in [-0.3, -0.25) is 9.69 Å². The highest BCUT2D eigenvalue weighted by Gasteiger charge is 2.24. The van der Waals surface area contributed by atoms with Crippen LogP contribution in [0.1, 0.15) is 29.0 Å². The number of thioether (sulfide) groups is 1. The summed E-state index contributed by atoms with van der Waals surface area (Å²) in [5.41, 5.74) is 4.19. The molecule has 0 saturated heterocycles. The summed E-state index contributed by atoms with van der Waals surface area (Å²) in [6.07, 6.45) is 4.49. The predicted molar refractivity (Wildman–Crippen MR) is 123 cm³/mol. The molecule has 0 unspecified atom stereocenters. The Morgan fingerprint density at radius 2 is 1.83 bits per heavy atom. The molecule has 0 aliphatic heterocycles. The average molecular weight is 435 g/mol. The zero-order chi connectivity index (χ0) is 20.3. The van der Waals surface area contributed by atoms with Crippen LogP contribution in [0.3, 0.4) is 0 Å². The van der Waals surface area contributed by atoms with E-state index in [0.29, 0.717) is 12.3 Å². The topological polar surface area (TPSA) is 61.9 Å². The van der Waals surface area contributed by atoms with Crippen LogP contribution in [-0.2, 0) is 24.2 Å². The number of fused-ring (bicyclic) bond motifs is 2. The van der Waals surface area contributed by atoms with Gasteiger partial charge in [-0.1, -0.05) is 54.2 Å². The molecule has 0 radical (unpaired) electrons. The molecule has 0 saturated carbocycles. The minimum absolute atomic E-state index is 0.0513. The molecule has 2 heterocycles. The van der Waals surface area contributed by atoms with E-state index in [4.69, 9.17) is 4.98 Å². The lowest BCUT2D eigenvalue weighted by molar-refractivity contribution is -0.116. The second kappa shape index (κ2) is 8.62. The summed E-state index contributed by atoms with van der Waals surface area (Å²) < 4.78 is 0. The molecule has 1 aliphatic carbocycles. The third-order valence-corrected chi connectivity index (χ3v) is 7.29. The summed E-state index contributed by atoms with van der Waals surface area (Å²) in [5, 5.41) is 1.59. The molecule has 0 fully saturated rings. The third-order valence-electron chi connectivity index (χ3n) is 5.25. The summed E-state index contributed by atoms with van der Waals surface area (Å²) in [7, 11) is 0. The molecule has 5 rings (SSSR count). The van der Waals surface area contributed by atoms with E-state index in [2.05, 4.69) is 22.1 Å². The fraction of sp³-hybridized carbons (Fsp3) is 0.261. The van der Waals surface area contributed by atoms with E-state index in [1.54, 1.807) is 11.3 Å². The fourth-order valence-electron chi connectivity index (χ4n) is 3.69. The number of benzene rings is 2. The van der Waals surface area contributed by atoms with E-state index in [1.165, 1.54) is 35.2 Å². The van der Waals surface area contributed by atoms with Crippen molar-refractivity contribution < 1.29 is 4.79 Å². The van der Waals surface area contributed by atoms with Crippen molar-refractivity contribution in [2.45, 2.75) is 37.4 Å². The standard InChI is InChI=1S/C23H22N4OS2/c28-21(15-29-22-24-17-10-4-5-11-18(17)25-22)27(14-16-8-2-1-3-9-16)23-26-19-12-6-7-13-20(19)30-23/h1-5,8-11H,6-7,12-15H2,(H,24,25). The van der Waals surface area contributed by atoms with Gasteiger partial charge >= 0.3 is 0 Å². The molecule has 7 heteroatoms. The number of para-hydroxylation sites is 2. The lowest BCUT2D eigenvalue weighted by Gasteiger charge is -2.19. The second-order valence-electron chi connectivity index (χ2n) is 7.39. The molecule has 1 N–H and O–H groups in total. The van der Waals surface area contributed by atoms with Crippen molar-refractivity contribution in [3.63, 3.8) is 0 Å². The van der Waals surface area contributed by atoms with Crippen LogP contribution < -0.4 is 4.90 Å². The van der Waals surface area contributed by atoms with Crippen molar-refractivity contribution in [3.05, 3.63) is 70.7 Å². The van der Waals surface area contributed by atoms with Crippen LogP contribution >= 0.6 is 23.1 Å². The number of nitrogens with zero attached hydrogens (tertiary/aromatic N) is 3. The van der Waals surface area contributed by atoms with Crippen LogP contribution in [-0.4, -0.2) is 26.6 Å². The minimum atomic E-state index is 0.0513. The van der Waals surface area contributed by atoms with Crippen LogP contribution in [0.4, 0.5) is 5.13 Å². The van der Waals surface area contributed by atoms with Gasteiger partial charge in [0, 0.05) is 4.88 Å². The molecule has 0 atom stereocenters. The number of amides is 1. The minimum Gasteiger partial charge on any atom is -0.333 e. The maximum absolute atomic E-state index is 13.3. The number of hydrogen-bond donors (Lipinski definition) is 1. The molecule has 1 aliphatic rings. The largest absolute Gasteiger partial charge is 0.333 e. The van der Waals surface area contributed by atoms with E-state index < -0.39 is 0 Å². The first-order valence-corrected chi connectivity index (χ1v) is 12.0. The Balaban J connectivity index is 1.37. The molecule has 1 amide bonds. The van der Waals surface area contributed by atoms with Gasteiger partial charge in [-0.25, -0.2) is 9.97 Å². The Labute approximate surface area is 183 Å². The smallest absolute Gasteiger partial charge is 0.239 e. The zero-order valence-corrected chi connectivity index (χ0v) is 18.1. The van der Waals surface area contributed by atoms with Gasteiger partial charge in [0.1, 0.15) is 0 Å². The Kier molecular flexibility index (Phi) is 5.55. The van der Waals surface area contributed by atoms with Crippen LogP contribution in [0.25, 0.3) is 11.0 Å². The summed E-state index contributed by atoms with van der Waals surface area (Å²) in [6.45, 7) is 0.534. The molecular formula is C23H22N4OS2. The van der Waals surface area contributed by atoms with Crippen molar-refractivity contribution in [1.82, 2.24) is 15.0 Å². The fourth-order valence-corrected chi connectivity index (χ4v) is 5.61. The Hall–Kier alpha value is -2.64. The quantitative estimate of drug-likeness (QED) is 0.423. The van der Waals surface area contributed by atoms with Crippen LogP contribution in [0.15, 0.2) is 59.8 Å². The number of carbonyl (C=O) groups is 1. The van der Waals surface area contributed by atoms with Crippen LogP contribution in [0, 0.1) is 0 Å². The number of carbonyl (C=O) groups excluding carboxylic acids is 1. The maximum atomic E-state index is 13.3. The first kappa shape index (κ1) is 19.3. The van der Waals surface area contributed by atoms with Crippen molar-refractivity contribution in [2.75, 3.05) is 10.7 Å². The molecule has 30 heavy (non-hydrogen) atoms. The number of thiazole rings is 1. The number of aromatic nitrogens is 3. The van der Waals surface area contributed by atoms with Gasteiger partial charge < -0.3 is 4.98 Å². The van der Waals surface area contributed by atoms with Gasteiger partial charge in [0.05, 0.1) is 29.0 Å². The second-order valence-corrected chi connectivity index (χ2v) is 9.41. The highest BCUT2D eigenvalue weighted by Crippen LogP contribution is 2.33. The van der Waals surface area contributed by atoms with Crippen molar-refractivity contribution in [3.8, 4) is 0 Å². The van der Waals surface area contributed by atoms with E-state index in [1.807, 2.05) is 47.4 Å². The number of nitrogens with one attached hydrogen (secondary N) is 1. The molecular weight excluding hydrogens is 412 g/mol. The summed E-state index contributed by atoms with van der Waals surface area (Å²) >= 11 is 3.12. The molecule has 4 aromatic rings. The van der Waals surface area contributed by atoms with E-state index in [-0.39, 0.29) is 5.91 Å². The van der Waals surface area contributed by atoms with Gasteiger partial charge in [0.2, 0.25) is 5.91 Å². The molecule has 2 aromatic heterocycles. The van der Waals surface area contributed by atoms with Gasteiger partial charge in [0.15, 0.2) is 10.3 Å². The number of imidazole rings is 1. The highest BCUT2D eigenvalue weighted by molar-refractivity contribution is 7.99. The number of rotatable bonds is 6. The first-order chi connectivity index (χ1) is 14.8. The Bertz CT molecular complexity index is 1110. The zero-order valence-electron chi connectivity index (χ0n) is 16.5. The molecule has 2 aromatic carbocycles. The molecule has 152 valence electrons. The third kappa shape index (κ3) is 4.13. The lowest BCUT2D eigenvalue weighted by atomic mass is 10.0. The monoisotopic (exact) mass is 434 g/mol. The summed E-state index contributed by atoms with van der Waals surface area (Å²) in [4.78, 5) is 29.2. The van der Waals surface area contributed by atoms with E-state index >= 15 is 0 Å². The van der Waals surface area contributed by atoms with Gasteiger partial charge in [-0.2, -0.15) is 0 Å². The van der Waals surface area contributed by atoms with Crippen molar-refractivity contribution >= 4 is 45.2 Å². The lowest BCUT2D eigenvalue weighted by Crippen LogP contribution is -2.32. The molecule has 0 bridgehead atoms. The normalized spacial score (nSPS) is 13.3. The van der Waals surface area contributed by atoms with Crippen LogP contribution in [0.5, 0.6) is 0 Å². The Morgan fingerprint density at radius 3 is 2.67 bits per heavy atom. The van der Waals surface area contributed by atoms with E-state index in [0.717, 1.165) is 39.7 Å². The van der Waals surface area contributed by atoms with Crippen LogP contribution in [0.2, 0.25) is 0 Å². The number of anilines is 1. The van der Waals surface area contributed by atoms with Crippen molar-refractivity contribution in [2.24, 2.45) is 0 Å². The molecule has 0 spiro atoms. The van der Waals surface area contributed by atoms with Gasteiger partial charge in [-0.05, 0) is 43.4 Å². The predicted octanol–water partition coefficient (Wildman–Crippen LogP) is 5.22. The maximum Gasteiger partial charge on any atom is 0.239 e. The van der Waals surface area contributed by atoms with Gasteiger partial charge in [0.25, 0.3) is 0 Å². The van der Waals surface area contributed by atoms with Crippen molar-refractivity contribution in [1.29, 1.82) is 0 Å². The number of aromatic amines is 1. The number of hydrogen-bond acceptors (Lipinski definition) is 5. The number of H-pyrrole nitrogens is 1. The Morgan fingerprint density at radius 1 is 1.03 bits per heavy atom. The highest BCUT2D eigenvalue weighted by atomic mass is 32.2. The first-order valence-electron chi connectivity index (χ1n) is 10.2. The summed E-state index contributed by atoms with van der Waals surface area (Å²) in [6, 6.07) is 18.0. The van der Waals surface area contributed by atoms with Gasteiger partial charge in [-0.15, -0.1) is 11.3 Å². The average Bonchev–Trinajstić information content (AvgIpc) is 3.40.